The van der Waals surface area contributed by atoms with Gasteiger partial charge in [0.15, 0.2) is 0 Å². The number of hydrogen-bond donors (Lipinski definition) is 1. The molecule has 1 atom stereocenters. The van der Waals surface area contributed by atoms with Crippen LogP contribution in [0.15, 0.2) is 59.5 Å². The molecule has 0 saturated heterocycles. The number of ether oxygens (including phenoxy) is 2. The van der Waals surface area contributed by atoms with Crippen molar-refractivity contribution in [3.63, 3.8) is 0 Å². The van der Waals surface area contributed by atoms with Crippen molar-refractivity contribution in [3.8, 4) is 5.75 Å². The molecule has 0 heterocycles. The van der Waals surface area contributed by atoms with Gasteiger partial charge in [0, 0.05) is 6.42 Å². The molecule has 0 radical (unpaired) electrons. The molecule has 2 aromatic rings. The van der Waals surface area contributed by atoms with Crippen LogP contribution in [0.3, 0.4) is 0 Å². The second-order valence-electron chi connectivity index (χ2n) is 5.74. The van der Waals surface area contributed by atoms with Gasteiger partial charge in [-0.05, 0) is 29.8 Å². The van der Waals surface area contributed by atoms with Crippen molar-refractivity contribution in [1.82, 2.24) is 5.32 Å². The minimum absolute atomic E-state index is 0.00111. The first-order valence-corrected chi connectivity index (χ1v) is 9.72. The van der Waals surface area contributed by atoms with E-state index in [0.29, 0.717) is 5.56 Å². The zero-order valence-corrected chi connectivity index (χ0v) is 16.5. The Bertz CT molecular complexity index is 971. The summed E-state index contributed by atoms with van der Waals surface area (Å²) < 4.78 is 38.5. The van der Waals surface area contributed by atoms with Gasteiger partial charge in [0.25, 0.3) is 0 Å². The van der Waals surface area contributed by atoms with Crippen LogP contribution in [0.2, 0.25) is 0 Å². The number of amides is 1. The molecule has 1 amide bonds. The van der Waals surface area contributed by atoms with E-state index in [4.69, 9.17) is 4.18 Å². The quantitative estimate of drug-likeness (QED) is 0.396. The lowest BCUT2D eigenvalue weighted by atomic mass is 10.1. The van der Waals surface area contributed by atoms with Gasteiger partial charge < -0.3 is 19.0 Å². The molecule has 0 aliphatic heterocycles. The molecule has 154 valence electrons. The third-order valence-electron chi connectivity index (χ3n) is 3.76. The average molecular weight is 421 g/mol. The molecule has 9 nitrogen and oxygen atoms in total. The van der Waals surface area contributed by atoms with Crippen molar-refractivity contribution >= 4 is 28.0 Å². The Hall–Kier alpha value is -3.40. The summed E-state index contributed by atoms with van der Waals surface area (Å²) in [5, 5.41) is 2.23. The zero-order valence-electron chi connectivity index (χ0n) is 15.7. The van der Waals surface area contributed by atoms with Crippen LogP contribution in [-0.2, 0) is 40.4 Å². The Morgan fingerprint density at radius 3 is 2.10 bits per heavy atom. The van der Waals surface area contributed by atoms with E-state index in [-0.39, 0.29) is 17.1 Å². The van der Waals surface area contributed by atoms with E-state index in [2.05, 4.69) is 14.8 Å². The number of carbonyl (C=O) groups is 3. The minimum Gasteiger partial charge on any atom is -0.467 e. The number of carbonyl (C=O) groups excluding carboxylic acids is 3. The maximum absolute atomic E-state index is 12.2. The van der Waals surface area contributed by atoms with Crippen LogP contribution in [0.25, 0.3) is 0 Å². The lowest BCUT2D eigenvalue weighted by Crippen LogP contribution is -2.46. The molecule has 0 aromatic heterocycles. The topological polar surface area (TPSA) is 125 Å². The molecule has 0 spiro atoms. The Labute approximate surface area is 167 Å². The Morgan fingerprint density at radius 2 is 1.55 bits per heavy atom. The third kappa shape index (κ3) is 6.04. The van der Waals surface area contributed by atoms with Crippen LogP contribution >= 0.6 is 0 Å². The van der Waals surface area contributed by atoms with Crippen molar-refractivity contribution in [2.24, 2.45) is 0 Å². The standard InChI is InChI=1S/C19H19NO8S/c1-26-18(22)16(20-17(21)19(23)27-2)12-13-8-10-14(11-9-13)28-29(24,25)15-6-4-3-5-7-15/h3-11,16H,12H2,1-2H3,(H,20,21)/t16-/m1/s1. The molecule has 29 heavy (non-hydrogen) atoms. The fourth-order valence-corrected chi connectivity index (χ4v) is 3.28. The highest BCUT2D eigenvalue weighted by atomic mass is 32.2. The first kappa shape index (κ1) is 21.9. The molecule has 0 aliphatic rings. The van der Waals surface area contributed by atoms with Crippen LogP contribution in [0.4, 0.5) is 0 Å². The van der Waals surface area contributed by atoms with Gasteiger partial charge in [0.05, 0.1) is 14.2 Å². The van der Waals surface area contributed by atoms with Crippen LogP contribution in [0.5, 0.6) is 5.75 Å². The van der Waals surface area contributed by atoms with Crippen LogP contribution in [0.1, 0.15) is 5.56 Å². The largest absolute Gasteiger partial charge is 0.467 e. The first-order valence-electron chi connectivity index (χ1n) is 8.32. The summed E-state index contributed by atoms with van der Waals surface area (Å²) in [6.07, 6.45) is 0.00111. The summed E-state index contributed by atoms with van der Waals surface area (Å²) in [5.41, 5.74) is 0.565. The number of rotatable bonds is 7. The van der Waals surface area contributed by atoms with E-state index in [9.17, 15) is 22.8 Å². The van der Waals surface area contributed by atoms with Crippen molar-refractivity contribution < 1.29 is 36.5 Å². The summed E-state index contributed by atoms with van der Waals surface area (Å²) in [6.45, 7) is 0. The third-order valence-corrected chi connectivity index (χ3v) is 5.02. The summed E-state index contributed by atoms with van der Waals surface area (Å²) in [6, 6.07) is 12.4. The minimum atomic E-state index is -3.98. The number of hydrogen-bond acceptors (Lipinski definition) is 8. The Balaban J connectivity index is 2.10. The van der Waals surface area contributed by atoms with Gasteiger partial charge in [0.1, 0.15) is 16.7 Å². The average Bonchev–Trinajstić information content (AvgIpc) is 2.73. The van der Waals surface area contributed by atoms with Crippen LogP contribution in [0, 0.1) is 0 Å². The molecule has 0 fully saturated rings. The van der Waals surface area contributed by atoms with Crippen molar-refractivity contribution in [3.05, 3.63) is 60.2 Å². The molecular weight excluding hydrogens is 402 g/mol. The fourth-order valence-electron chi connectivity index (χ4n) is 2.32. The van der Waals surface area contributed by atoms with E-state index in [1.54, 1.807) is 18.2 Å². The van der Waals surface area contributed by atoms with Gasteiger partial charge >= 0.3 is 28.0 Å². The van der Waals surface area contributed by atoms with Crippen LogP contribution < -0.4 is 9.50 Å². The smallest absolute Gasteiger partial charge is 0.396 e. The Morgan fingerprint density at radius 1 is 0.931 bits per heavy atom. The first-order chi connectivity index (χ1) is 13.8. The second-order valence-corrected chi connectivity index (χ2v) is 7.29. The summed E-state index contributed by atoms with van der Waals surface area (Å²) in [7, 11) is -1.79. The molecule has 0 saturated carbocycles. The summed E-state index contributed by atoms with van der Waals surface area (Å²) in [5.74, 6) is -2.91. The molecule has 2 rings (SSSR count). The van der Waals surface area contributed by atoms with Gasteiger partial charge in [-0.25, -0.2) is 9.59 Å². The van der Waals surface area contributed by atoms with Crippen LogP contribution in [-0.4, -0.2) is 46.5 Å². The molecular formula is C19H19NO8S. The molecule has 0 unspecified atom stereocenters. The summed E-state index contributed by atoms with van der Waals surface area (Å²) >= 11 is 0. The van der Waals surface area contributed by atoms with Crippen molar-refractivity contribution in [1.29, 1.82) is 0 Å². The van der Waals surface area contributed by atoms with Crippen molar-refractivity contribution in [2.45, 2.75) is 17.4 Å². The molecule has 1 N–H and O–H groups in total. The molecule has 10 heteroatoms. The lowest BCUT2D eigenvalue weighted by molar-refractivity contribution is -0.154. The van der Waals surface area contributed by atoms with E-state index in [0.717, 1.165) is 14.2 Å². The Kier molecular flexibility index (Phi) is 7.32. The van der Waals surface area contributed by atoms with Gasteiger partial charge in [-0.3, -0.25) is 4.79 Å². The van der Waals surface area contributed by atoms with Gasteiger partial charge in [0.2, 0.25) is 0 Å². The maximum Gasteiger partial charge on any atom is 0.396 e. The SMILES string of the molecule is COC(=O)C(=O)N[C@H](Cc1ccc(OS(=O)(=O)c2ccccc2)cc1)C(=O)OC. The molecule has 0 bridgehead atoms. The number of methoxy groups -OCH3 is 2. The number of nitrogens with one attached hydrogen (secondary N) is 1. The second kappa shape index (κ2) is 9.69. The summed E-state index contributed by atoms with van der Waals surface area (Å²) in [4.78, 5) is 34.8. The van der Waals surface area contributed by atoms with Gasteiger partial charge in [-0.15, -0.1) is 0 Å². The maximum atomic E-state index is 12.2. The predicted molar refractivity (Wildman–Crippen MR) is 100 cm³/mol. The van der Waals surface area contributed by atoms with E-state index >= 15 is 0 Å². The zero-order chi connectivity index (χ0) is 21.4. The van der Waals surface area contributed by atoms with E-state index < -0.39 is 34.0 Å². The molecule has 2 aromatic carbocycles. The monoisotopic (exact) mass is 421 g/mol. The molecule has 0 aliphatic carbocycles. The predicted octanol–water partition coefficient (Wildman–Crippen LogP) is 0.828. The lowest BCUT2D eigenvalue weighted by Gasteiger charge is -2.16. The normalized spacial score (nSPS) is 11.8. The van der Waals surface area contributed by atoms with E-state index in [1.807, 2.05) is 0 Å². The highest BCUT2D eigenvalue weighted by molar-refractivity contribution is 7.87. The fraction of sp³-hybridized carbons (Fsp3) is 0.211. The van der Waals surface area contributed by atoms with Gasteiger partial charge in [-0.1, -0.05) is 30.3 Å². The highest BCUT2D eigenvalue weighted by Crippen LogP contribution is 2.19. The highest BCUT2D eigenvalue weighted by Gasteiger charge is 2.26. The number of benzene rings is 2. The van der Waals surface area contributed by atoms with E-state index in [1.165, 1.54) is 36.4 Å². The number of esters is 2. The van der Waals surface area contributed by atoms with Gasteiger partial charge in [-0.2, -0.15) is 8.42 Å². The van der Waals surface area contributed by atoms with Crippen molar-refractivity contribution in [2.75, 3.05) is 14.2 Å².